The Kier molecular flexibility index (Phi) is 4.36. The van der Waals surface area contributed by atoms with Crippen molar-refractivity contribution in [2.45, 2.75) is 45.2 Å². The Morgan fingerprint density at radius 1 is 1.42 bits per heavy atom. The Hall–Kier alpha value is -0.800. The molecule has 1 aliphatic rings. The molecular formula is C15H22ClFN2. The number of anilines is 1. The van der Waals surface area contributed by atoms with Gasteiger partial charge in [0.15, 0.2) is 0 Å². The summed E-state index contributed by atoms with van der Waals surface area (Å²) in [5.74, 6) is -0.233. The van der Waals surface area contributed by atoms with Crippen LogP contribution in [0.5, 0.6) is 0 Å². The van der Waals surface area contributed by atoms with Crippen LogP contribution >= 0.6 is 11.6 Å². The third-order valence-corrected chi connectivity index (χ3v) is 4.67. The maximum Gasteiger partial charge on any atom is 0.125 e. The molecule has 1 aromatic carbocycles. The van der Waals surface area contributed by atoms with E-state index in [1.165, 1.54) is 6.07 Å². The molecule has 0 saturated carbocycles. The van der Waals surface area contributed by atoms with Crippen molar-refractivity contribution in [3.05, 3.63) is 29.0 Å². The smallest absolute Gasteiger partial charge is 0.125 e. The monoisotopic (exact) mass is 284 g/mol. The van der Waals surface area contributed by atoms with E-state index in [-0.39, 0.29) is 11.4 Å². The summed E-state index contributed by atoms with van der Waals surface area (Å²) in [7, 11) is 0. The molecule has 1 aliphatic heterocycles. The molecule has 1 heterocycles. The van der Waals surface area contributed by atoms with Crippen molar-refractivity contribution in [3.63, 3.8) is 0 Å². The topological polar surface area (TPSA) is 15.3 Å². The van der Waals surface area contributed by atoms with Crippen LogP contribution < -0.4 is 10.2 Å². The van der Waals surface area contributed by atoms with Crippen molar-refractivity contribution < 1.29 is 4.39 Å². The van der Waals surface area contributed by atoms with Crippen LogP contribution in [0.2, 0.25) is 5.02 Å². The fraction of sp³-hybridized carbons (Fsp3) is 0.600. The first-order valence-electron chi connectivity index (χ1n) is 6.98. The summed E-state index contributed by atoms with van der Waals surface area (Å²) in [5, 5.41) is 4.26. The predicted octanol–water partition coefficient (Wildman–Crippen LogP) is 3.84. The van der Waals surface area contributed by atoms with Gasteiger partial charge in [0.2, 0.25) is 0 Å². The number of piperazine rings is 1. The Balaban J connectivity index is 2.33. The van der Waals surface area contributed by atoms with E-state index < -0.39 is 0 Å². The van der Waals surface area contributed by atoms with Crippen molar-refractivity contribution in [1.29, 1.82) is 0 Å². The van der Waals surface area contributed by atoms with E-state index in [4.69, 9.17) is 11.6 Å². The average molecular weight is 285 g/mol. The van der Waals surface area contributed by atoms with Gasteiger partial charge in [0.05, 0.1) is 10.7 Å². The maximum atomic E-state index is 13.5. The van der Waals surface area contributed by atoms with Crippen LogP contribution in [-0.4, -0.2) is 24.7 Å². The minimum absolute atomic E-state index is 0.0994. The number of hydrogen-bond acceptors (Lipinski definition) is 2. The molecule has 0 radical (unpaired) electrons. The largest absolute Gasteiger partial charge is 0.364 e. The number of nitrogens with one attached hydrogen (secondary N) is 1. The second-order valence-corrected chi connectivity index (χ2v) is 5.85. The second kappa shape index (κ2) is 5.68. The molecule has 1 N–H and O–H groups in total. The van der Waals surface area contributed by atoms with Crippen molar-refractivity contribution in [3.8, 4) is 0 Å². The average Bonchev–Trinajstić information content (AvgIpc) is 2.43. The molecule has 1 saturated heterocycles. The summed E-state index contributed by atoms with van der Waals surface area (Å²) >= 11 is 6.25. The number of benzene rings is 1. The molecule has 19 heavy (non-hydrogen) atoms. The summed E-state index contributed by atoms with van der Waals surface area (Å²) in [6, 6.07) is 4.90. The molecule has 0 spiro atoms. The Morgan fingerprint density at radius 2 is 2.11 bits per heavy atom. The van der Waals surface area contributed by atoms with Crippen molar-refractivity contribution in [2.24, 2.45) is 0 Å². The van der Waals surface area contributed by atoms with Gasteiger partial charge >= 0.3 is 0 Å². The van der Waals surface area contributed by atoms with Crippen molar-refractivity contribution in [1.82, 2.24) is 5.32 Å². The summed E-state index contributed by atoms with van der Waals surface area (Å²) in [4.78, 5) is 2.23. The quantitative estimate of drug-likeness (QED) is 0.907. The zero-order valence-corrected chi connectivity index (χ0v) is 12.6. The van der Waals surface area contributed by atoms with Gasteiger partial charge in [0.25, 0.3) is 0 Å². The standard InChI is InChI=1S/C15H22ClFN2/c1-4-15(5-2)10-19(11(3)9-18-15)14-8-12(17)6-7-13(14)16/h6-8,11,18H,4-5,9-10H2,1-3H3. The number of hydrogen-bond donors (Lipinski definition) is 1. The third kappa shape index (κ3) is 2.87. The highest BCUT2D eigenvalue weighted by atomic mass is 35.5. The van der Waals surface area contributed by atoms with Gasteiger partial charge in [-0.1, -0.05) is 25.4 Å². The highest BCUT2D eigenvalue weighted by Crippen LogP contribution is 2.32. The molecule has 0 aromatic heterocycles. The normalized spacial score (nSPS) is 22.6. The number of halogens is 2. The SMILES string of the molecule is CCC1(CC)CN(c2cc(F)ccc2Cl)C(C)CN1. The zero-order chi connectivity index (χ0) is 14.0. The zero-order valence-electron chi connectivity index (χ0n) is 11.8. The van der Waals surface area contributed by atoms with Crippen LogP contribution in [0.3, 0.4) is 0 Å². The first-order valence-corrected chi connectivity index (χ1v) is 7.36. The third-order valence-electron chi connectivity index (χ3n) is 4.35. The Labute approximate surface area is 119 Å². The van der Waals surface area contributed by atoms with Gasteiger partial charge in [-0.15, -0.1) is 0 Å². The lowest BCUT2D eigenvalue weighted by atomic mass is 9.88. The molecule has 1 atom stereocenters. The molecule has 4 heteroatoms. The lowest BCUT2D eigenvalue weighted by molar-refractivity contribution is 0.253. The predicted molar refractivity (Wildman–Crippen MR) is 79.5 cm³/mol. The van der Waals surface area contributed by atoms with E-state index in [0.29, 0.717) is 11.1 Å². The first-order chi connectivity index (χ1) is 9.01. The molecule has 2 rings (SSSR count). The van der Waals surface area contributed by atoms with Gasteiger partial charge in [-0.25, -0.2) is 4.39 Å². The highest BCUT2D eigenvalue weighted by molar-refractivity contribution is 6.33. The van der Waals surface area contributed by atoms with Gasteiger partial charge in [0, 0.05) is 24.7 Å². The van der Waals surface area contributed by atoms with Gasteiger partial charge < -0.3 is 10.2 Å². The number of nitrogens with zero attached hydrogens (tertiary/aromatic N) is 1. The molecule has 1 aromatic rings. The summed E-state index contributed by atoms with van der Waals surface area (Å²) in [6.07, 6.45) is 2.11. The fourth-order valence-corrected chi connectivity index (χ4v) is 2.99. The summed E-state index contributed by atoms with van der Waals surface area (Å²) in [5.41, 5.74) is 0.907. The fourth-order valence-electron chi connectivity index (χ4n) is 2.76. The van der Waals surface area contributed by atoms with E-state index in [0.717, 1.165) is 31.6 Å². The Morgan fingerprint density at radius 3 is 2.74 bits per heavy atom. The van der Waals surface area contributed by atoms with Crippen molar-refractivity contribution >= 4 is 17.3 Å². The second-order valence-electron chi connectivity index (χ2n) is 5.44. The maximum absolute atomic E-state index is 13.5. The van der Waals surface area contributed by atoms with E-state index in [1.807, 2.05) is 0 Å². The van der Waals surface area contributed by atoms with Gasteiger partial charge in [-0.3, -0.25) is 0 Å². The van der Waals surface area contributed by atoms with Crippen molar-refractivity contribution in [2.75, 3.05) is 18.0 Å². The van der Waals surface area contributed by atoms with E-state index in [1.54, 1.807) is 12.1 Å². The minimum atomic E-state index is -0.233. The Bertz CT molecular complexity index is 446. The molecule has 1 unspecified atom stereocenters. The molecule has 0 bridgehead atoms. The molecular weight excluding hydrogens is 263 g/mol. The molecule has 2 nitrogen and oxygen atoms in total. The van der Waals surface area contributed by atoms with Crippen LogP contribution in [0.1, 0.15) is 33.6 Å². The molecule has 0 amide bonds. The van der Waals surface area contributed by atoms with E-state index in [9.17, 15) is 4.39 Å². The van der Waals surface area contributed by atoms with Gasteiger partial charge in [-0.05, 0) is 38.0 Å². The molecule has 0 aliphatic carbocycles. The minimum Gasteiger partial charge on any atom is -0.364 e. The van der Waals surface area contributed by atoms with Crippen LogP contribution in [0.4, 0.5) is 10.1 Å². The van der Waals surface area contributed by atoms with Crippen LogP contribution in [-0.2, 0) is 0 Å². The van der Waals surface area contributed by atoms with Crippen LogP contribution in [0, 0.1) is 5.82 Å². The molecule has 1 fully saturated rings. The van der Waals surface area contributed by atoms with Crippen LogP contribution in [0.15, 0.2) is 18.2 Å². The van der Waals surface area contributed by atoms with E-state index in [2.05, 4.69) is 31.0 Å². The van der Waals surface area contributed by atoms with E-state index >= 15 is 0 Å². The van der Waals surface area contributed by atoms with Gasteiger partial charge in [-0.2, -0.15) is 0 Å². The summed E-state index contributed by atoms with van der Waals surface area (Å²) < 4.78 is 13.5. The van der Waals surface area contributed by atoms with Crippen LogP contribution in [0.25, 0.3) is 0 Å². The lowest BCUT2D eigenvalue weighted by Gasteiger charge is -2.48. The lowest BCUT2D eigenvalue weighted by Crippen LogP contribution is -2.63. The molecule has 106 valence electrons. The number of rotatable bonds is 3. The highest BCUT2D eigenvalue weighted by Gasteiger charge is 2.35. The first kappa shape index (κ1) is 14.6. The van der Waals surface area contributed by atoms with Gasteiger partial charge in [0.1, 0.15) is 5.82 Å². The summed E-state index contributed by atoms with van der Waals surface area (Å²) in [6.45, 7) is 8.29.